The summed E-state index contributed by atoms with van der Waals surface area (Å²) in [5.41, 5.74) is 3.89. The molecule has 196 valence electrons. The molecule has 0 bridgehead atoms. The lowest BCUT2D eigenvalue weighted by Gasteiger charge is -2.24. The Bertz CT molecular complexity index is 1270. The molecule has 11 heteroatoms. The lowest BCUT2D eigenvalue weighted by molar-refractivity contribution is -0.384. The zero-order chi connectivity index (χ0) is 26.8. The van der Waals surface area contributed by atoms with Crippen molar-refractivity contribution in [1.82, 2.24) is 0 Å². The Hall–Kier alpha value is -3.83. The maximum Gasteiger partial charge on any atom is 0.269 e. The number of hydrogen-bond acceptors (Lipinski definition) is 8. The van der Waals surface area contributed by atoms with Crippen molar-refractivity contribution in [3.05, 3.63) is 76.3 Å². The van der Waals surface area contributed by atoms with Crippen LogP contribution in [0.25, 0.3) is 0 Å². The van der Waals surface area contributed by atoms with Crippen molar-refractivity contribution in [2.45, 2.75) is 27.2 Å². The minimum absolute atomic E-state index is 0.0205. The molecule has 1 unspecified atom stereocenters. The van der Waals surface area contributed by atoms with Gasteiger partial charge in [-0.05, 0) is 63.1 Å². The molecule has 0 saturated heterocycles. The normalized spacial score (nSPS) is 11.9. The summed E-state index contributed by atoms with van der Waals surface area (Å²) in [5, 5.41) is 22.8. The van der Waals surface area contributed by atoms with E-state index < -0.39 is 16.0 Å². The SMILES string of the molecule is CCNc1cc(Oc2cc(N(CC)CCCS(=O)O)ccc2N=Nc2ccc([N+](=O)[O-])cc2)ccc1C. The fourth-order valence-corrected chi connectivity index (χ4v) is 4.01. The van der Waals surface area contributed by atoms with E-state index in [4.69, 9.17) is 9.29 Å². The van der Waals surface area contributed by atoms with Crippen LogP contribution >= 0.6 is 0 Å². The molecule has 3 rings (SSSR count). The monoisotopic (exact) mass is 525 g/mol. The van der Waals surface area contributed by atoms with Gasteiger partial charge < -0.3 is 19.5 Å². The molecule has 0 aliphatic carbocycles. The summed E-state index contributed by atoms with van der Waals surface area (Å²) >= 11 is -1.83. The standard InChI is InChI=1S/C26H31N5O5S/c1-4-27-25-18-23(13-7-19(25)3)36-26-17-22(30(5-2)15-6-16-37(34)35)12-14-24(26)29-28-20-8-10-21(11-9-20)31(32)33/h7-14,17-18,27H,4-6,15-16H2,1-3H3,(H,34,35). The molecule has 1 atom stereocenters. The number of nitrogens with one attached hydrogen (secondary N) is 1. The van der Waals surface area contributed by atoms with E-state index in [1.165, 1.54) is 24.3 Å². The number of nitro benzene ring substituents is 1. The lowest BCUT2D eigenvalue weighted by atomic mass is 10.2. The molecule has 0 heterocycles. The predicted molar refractivity (Wildman–Crippen MR) is 147 cm³/mol. The average molecular weight is 526 g/mol. The Morgan fingerprint density at radius 1 is 1.08 bits per heavy atom. The van der Waals surface area contributed by atoms with Crippen molar-refractivity contribution in [2.24, 2.45) is 10.2 Å². The largest absolute Gasteiger partial charge is 0.455 e. The molecule has 0 saturated carbocycles. The van der Waals surface area contributed by atoms with Crippen molar-refractivity contribution in [3.63, 3.8) is 0 Å². The second-order valence-electron chi connectivity index (χ2n) is 8.19. The molecule has 0 spiro atoms. The van der Waals surface area contributed by atoms with Crippen molar-refractivity contribution in [2.75, 3.05) is 35.6 Å². The molecule has 0 radical (unpaired) electrons. The van der Waals surface area contributed by atoms with E-state index >= 15 is 0 Å². The molecular formula is C26H31N5O5S. The summed E-state index contributed by atoms with van der Waals surface area (Å²) in [6.45, 7) is 8.15. The van der Waals surface area contributed by atoms with E-state index in [9.17, 15) is 14.3 Å². The van der Waals surface area contributed by atoms with Gasteiger partial charge in [-0.2, -0.15) is 5.11 Å². The van der Waals surface area contributed by atoms with Crippen molar-refractivity contribution in [3.8, 4) is 11.5 Å². The van der Waals surface area contributed by atoms with Gasteiger partial charge >= 0.3 is 0 Å². The first-order valence-electron chi connectivity index (χ1n) is 12.0. The summed E-state index contributed by atoms with van der Waals surface area (Å²) < 4.78 is 26.4. The number of ether oxygens (including phenoxy) is 1. The van der Waals surface area contributed by atoms with Crippen LogP contribution in [0.3, 0.4) is 0 Å². The van der Waals surface area contributed by atoms with E-state index in [2.05, 4.69) is 20.4 Å². The van der Waals surface area contributed by atoms with Gasteiger partial charge in [-0.15, -0.1) is 5.11 Å². The van der Waals surface area contributed by atoms with Gasteiger partial charge in [-0.1, -0.05) is 6.07 Å². The molecule has 37 heavy (non-hydrogen) atoms. The number of hydrogen-bond donors (Lipinski definition) is 2. The van der Waals surface area contributed by atoms with Crippen LogP contribution in [0.5, 0.6) is 11.5 Å². The molecule has 3 aromatic carbocycles. The summed E-state index contributed by atoms with van der Waals surface area (Å²) in [6.07, 6.45) is 0.568. The maximum atomic E-state index is 11.1. The smallest absolute Gasteiger partial charge is 0.269 e. The lowest BCUT2D eigenvalue weighted by Crippen LogP contribution is -2.25. The highest BCUT2D eigenvalue weighted by Gasteiger charge is 2.13. The number of non-ortho nitro benzene ring substituents is 1. The van der Waals surface area contributed by atoms with Gasteiger partial charge in [0, 0.05) is 55.3 Å². The molecule has 0 aromatic heterocycles. The fraction of sp³-hybridized carbons (Fsp3) is 0.308. The third-order valence-corrected chi connectivity index (χ3v) is 6.21. The predicted octanol–water partition coefficient (Wildman–Crippen LogP) is 6.98. The van der Waals surface area contributed by atoms with Gasteiger partial charge in [-0.25, -0.2) is 4.21 Å². The van der Waals surface area contributed by atoms with Crippen molar-refractivity contribution in [1.29, 1.82) is 0 Å². The van der Waals surface area contributed by atoms with Crippen LogP contribution in [0, 0.1) is 17.0 Å². The van der Waals surface area contributed by atoms with Crippen LogP contribution in [0.2, 0.25) is 0 Å². The topological polar surface area (TPSA) is 130 Å². The van der Waals surface area contributed by atoms with Crippen molar-refractivity contribution >= 4 is 39.5 Å². The molecule has 0 aliphatic heterocycles. The second kappa shape index (κ2) is 13.5. The van der Waals surface area contributed by atoms with Crippen LogP contribution in [0.1, 0.15) is 25.8 Å². The molecule has 10 nitrogen and oxygen atoms in total. The minimum atomic E-state index is -1.83. The van der Waals surface area contributed by atoms with Gasteiger partial charge in [0.15, 0.2) is 16.8 Å². The summed E-state index contributed by atoms with van der Waals surface area (Å²) in [5.74, 6) is 1.32. The summed E-state index contributed by atoms with van der Waals surface area (Å²) in [6, 6.07) is 17.2. The Morgan fingerprint density at radius 3 is 2.49 bits per heavy atom. The first-order chi connectivity index (χ1) is 17.8. The zero-order valence-corrected chi connectivity index (χ0v) is 21.9. The number of aryl methyl sites for hydroxylation is 1. The zero-order valence-electron chi connectivity index (χ0n) is 21.1. The third kappa shape index (κ3) is 8.09. The fourth-order valence-electron chi connectivity index (χ4n) is 3.64. The number of nitrogens with zero attached hydrogens (tertiary/aromatic N) is 4. The average Bonchev–Trinajstić information content (AvgIpc) is 2.88. The van der Waals surface area contributed by atoms with Crippen LogP contribution in [0.4, 0.5) is 28.4 Å². The number of azo groups is 1. The molecule has 3 aromatic rings. The molecule has 0 aliphatic rings. The highest BCUT2D eigenvalue weighted by molar-refractivity contribution is 7.79. The van der Waals surface area contributed by atoms with Gasteiger partial charge in [0.05, 0.1) is 16.4 Å². The van der Waals surface area contributed by atoms with Gasteiger partial charge in [0.2, 0.25) is 0 Å². The highest BCUT2D eigenvalue weighted by Crippen LogP contribution is 2.37. The number of benzene rings is 3. The Balaban J connectivity index is 1.94. The van der Waals surface area contributed by atoms with Gasteiger partial charge in [-0.3, -0.25) is 10.1 Å². The first-order valence-corrected chi connectivity index (χ1v) is 13.2. The molecule has 0 fully saturated rings. The Labute approximate surface area is 218 Å². The third-order valence-electron chi connectivity index (χ3n) is 5.58. The van der Waals surface area contributed by atoms with E-state index in [0.29, 0.717) is 42.4 Å². The summed E-state index contributed by atoms with van der Waals surface area (Å²) in [4.78, 5) is 12.5. The number of rotatable bonds is 13. The van der Waals surface area contributed by atoms with E-state index in [1.54, 1.807) is 6.07 Å². The molecule has 0 amide bonds. The minimum Gasteiger partial charge on any atom is -0.455 e. The number of anilines is 2. The quantitative estimate of drug-likeness (QED) is 0.107. The van der Waals surface area contributed by atoms with E-state index in [-0.39, 0.29) is 11.4 Å². The van der Waals surface area contributed by atoms with Gasteiger partial charge in [0.25, 0.3) is 5.69 Å². The Morgan fingerprint density at radius 2 is 1.84 bits per heavy atom. The summed E-state index contributed by atoms with van der Waals surface area (Å²) in [7, 11) is 0. The number of nitro groups is 1. The van der Waals surface area contributed by atoms with E-state index in [0.717, 1.165) is 23.5 Å². The van der Waals surface area contributed by atoms with Crippen LogP contribution < -0.4 is 15.0 Å². The second-order valence-corrected chi connectivity index (χ2v) is 9.24. The van der Waals surface area contributed by atoms with Crippen LogP contribution in [0.15, 0.2) is 70.9 Å². The van der Waals surface area contributed by atoms with Crippen LogP contribution in [-0.2, 0) is 11.1 Å². The van der Waals surface area contributed by atoms with E-state index in [1.807, 2.05) is 51.1 Å². The first kappa shape index (κ1) is 27.8. The van der Waals surface area contributed by atoms with Crippen molar-refractivity contribution < 1.29 is 18.4 Å². The molecule has 2 N–H and O–H groups in total. The maximum absolute atomic E-state index is 11.1. The Kier molecular flexibility index (Phi) is 10.1. The van der Waals surface area contributed by atoms with Crippen LogP contribution in [-0.4, -0.2) is 39.1 Å². The highest BCUT2D eigenvalue weighted by atomic mass is 32.2. The van der Waals surface area contributed by atoms with Gasteiger partial charge in [0.1, 0.15) is 11.4 Å². The molecular weight excluding hydrogens is 494 g/mol.